The van der Waals surface area contributed by atoms with Crippen molar-refractivity contribution in [3.8, 4) is 0 Å². The summed E-state index contributed by atoms with van der Waals surface area (Å²) in [6.07, 6.45) is 3.20. The largest absolute Gasteiger partial charge is 0.464 e. The number of benzene rings is 2. The van der Waals surface area contributed by atoms with Crippen LogP contribution in [0.2, 0.25) is 0 Å². The molecule has 2 aromatic rings. The van der Waals surface area contributed by atoms with Gasteiger partial charge in [-0.15, -0.1) is 0 Å². The third kappa shape index (κ3) is 3.42. The van der Waals surface area contributed by atoms with Gasteiger partial charge in [-0.1, -0.05) is 42.5 Å². The van der Waals surface area contributed by atoms with Crippen molar-refractivity contribution in [2.45, 2.75) is 44.6 Å². The van der Waals surface area contributed by atoms with Crippen molar-refractivity contribution in [3.05, 3.63) is 48.0 Å². The zero-order valence-corrected chi connectivity index (χ0v) is 14.0. The first-order chi connectivity index (χ1) is 11.6. The van der Waals surface area contributed by atoms with Crippen LogP contribution in [0.4, 0.5) is 0 Å². The minimum absolute atomic E-state index is 0.0682. The maximum atomic E-state index is 12.6. The standard InChI is InChI=1S/C20H23NO3/c1-2-24-19(23)20(12-6-5-9-18(22)21-20)14-15-10-11-16-7-3-4-8-17(16)13-15/h3-4,7-8,10-11,13H,2,5-6,9,12,14H2,1H3,(H,21,22)/t20-/m0/s1. The minimum Gasteiger partial charge on any atom is -0.464 e. The Morgan fingerprint density at radius 3 is 2.75 bits per heavy atom. The smallest absolute Gasteiger partial charge is 0.332 e. The highest BCUT2D eigenvalue weighted by Gasteiger charge is 2.42. The van der Waals surface area contributed by atoms with Crippen LogP contribution < -0.4 is 5.32 Å². The summed E-state index contributed by atoms with van der Waals surface area (Å²) in [5.41, 5.74) is 0.0791. The summed E-state index contributed by atoms with van der Waals surface area (Å²) in [5, 5.41) is 5.26. The monoisotopic (exact) mass is 325 g/mol. The molecule has 1 fully saturated rings. The Kier molecular flexibility index (Phi) is 4.84. The van der Waals surface area contributed by atoms with Crippen molar-refractivity contribution < 1.29 is 14.3 Å². The van der Waals surface area contributed by atoms with Crippen LogP contribution in [0.25, 0.3) is 10.8 Å². The molecule has 0 saturated carbocycles. The fourth-order valence-corrected chi connectivity index (χ4v) is 3.43. The number of amides is 1. The van der Waals surface area contributed by atoms with Crippen LogP contribution in [0.5, 0.6) is 0 Å². The summed E-state index contributed by atoms with van der Waals surface area (Å²) in [6, 6.07) is 14.3. The SMILES string of the molecule is CCOC(=O)[C@@]1(Cc2ccc3ccccc3c2)CCCCC(=O)N1. The van der Waals surface area contributed by atoms with Gasteiger partial charge in [0.05, 0.1) is 6.61 Å². The predicted octanol–water partition coefficient (Wildman–Crippen LogP) is 3.37. The van der Waals surface area contributed by atoms with Crippen molar-refractivity contribution in [1.29, 1.82) is 0 Å². The molecular weight excluding hydrogens is 302 g/mol. The number of hydrogen-bond donors (Lipinski definition) is 1. The normalized spacial score (nSPS) is 21.1. The molecule has 0 radical (unpaired) electrons. The molecule has 3 rings (SSSR count). The molecule has 0 aliphatic carbocycles. The van der Waals surface area contributed by atoms with Crippen molar-refractivity contribution in [1.82, 2.24) is 5.32 Å². The fourth-order valence-electron chi connectivity index (χ4n) is 3.43. The summed E-state index contributed by atoms with van der Waals surface area (Å²) >= 11 is 0. The molecule has 0 aromatic heterocycles. The van der Waals surface area contributed by atoms with Gasteiger partial charge in [0.2, 0.25) is 5.91 Å². The third-order valence-corrected chi connectivity index (χ3v) is 4.62. The van der Waals surface area contributed by atoms with E-state index in [0.717, 1.165) is 29.2 Å². The number of rotatable bonds is 4. The number of carbonyl (C=O) groups is 2. The van der Waals surface area contributed by atoms with Crippen LogP contribution in [-0.4, -0.2) is 24.0 Å². The molecule has 1 amide bonds. The molecule has 2 aromatic carbocycles. The van der Waals surface area contributed by atoms with E-state index < -0.39 is 5.54 Å². The van der Waals surface area contributed by atoms with Crippen LogP contribution in [0.3, 0.4) is 0 Å². The number of esters is 1. The van der Waals surface area contributed by atoms with E-state index in [2.05, 4.69) is 29.6 Å². The minimum atomic E-state index is -0.952. The Hall–Kier alpha value is -2.36. The van der Waals surface area contributed by atoms with E-state index in [-0.39, 0.29) is 11.9 Å². The molecule has 126 valence electrons. The van der Waals surface area contributed by atoms with E-state index in [1.807, 2.05) is 18.2 Å². The van der Waals surface area contributed by atoms with Gasteiger partial charge in [-0.3, -0.25) is 4.79 Å². The number of fused-ring (bicyclic) bond motifs is 1. The Labute approximate surface area is 142 Å². The lowest BCUT2D eigenvalue weighted by molar-refractivity contribution is -0.153. The van der Waals surface area contributed by atoms with Crippen molar-refractivity contribution in [2.75, 3.05) is 6.61 Å². The second-order valence-corrected chi connectivity index (χ2v) is 6.42. The highest BCUT2D eigenvalue weighted by atomic mass is 16.5. The summed E-state index contributed by atoms with van der Waals surface area (Å²) < 4.78 is 5.29. The quantitative estimate of drug-likeness (QED) is 0.877. The van der Waals surface area contributed by atoms with Gasteiger partial charge in [0, 0.05) is 12.8 Å². The van der Waals surface area contributed by atoms with Crippen molar-refractivity contribution >= 4 is 22.6 Å². The first kappa shape index (κ1) is 16.5. The molecule has 4 nitrogen and oxygen atoms in total. The van der Waals surface area contributed by atoms with Gasteiger partial charge in [0.15, 0.2) is 0 Å². The molecule has 0 bridgehead atoms. The number of hydrogen-bond acceptors (Lipinski definition) is 3. The van der Waals surface area contributed by atoms with Gasteiger partial charge in [-0.25, -0.2) is 4.79 Å². The molecule has 1 aliphatic heterocycles. The first-order valence-corrected chi connectivity index (χ1v) is 8.59. The van der Waals surface area contributed by atoms with Crippen LogP contribution >= 0.6 is 0 Å². The number of ether oxygens (including phenoxy) is 1. The van der Waals surface area contributed by atoms with Gasteiger partial charge >= 0.3 is 5.97 Å². The molecule has 1 aliphatic rings. The van der Waals surface area contributed by atoms with Gasteiger partial charge < -0.3 is 10.1 Å². The molecule has 1 heterocycles. The Balaban J connectivity index is 1.94. The van der Waals surface area contributed by atoms with E-state index in [9.17, 15) is 9.59 Å². The fraction of sp³-hybridized carbons (Fsp3) is 0.400. The molecule has 1 saturated heterocycles. The van der Waals surface area contributed by atoms with Crippen molar-refractivity contribution in [2.24, 2.45) is 0 Å². The van der Waals surface area contributed by atoms with Gasteiger partial charge in [-0.05, 0) is 42.5 Å². The molecular formula is C20H23NO3. The van der Waals surface area contributed by atoms with Crippen LogP contribution in [-0.2, 0) is 20.7 Å². The van der Waals surface area contributed by atoms with Crippen LogP contribution in [0.1, 0.15) is 38.2 Å². The van der Waals surface area contributed by atoms with E-state index in [4.69, 9.17) is 4.74 Å². The summed E-state index contributed by atoms with van der Waals surface area (Å²) in [6.45, 7) is 2.11. The second-order valence-electron chi connectivity index (χ2n) is 6.42. The third-order valence-electron chi connectivity index (χ3n) is 4.62. The highest BCUT2D eigenvalue weighted by molar-refractivity contribution is 5.89. The molecule has 4 heteroatoms. The van der Waals surface area contributed by atoms with Gasteiger partial charge in [-0.2, -0.15) is 0 Å². The van der Waals surface area contributed by atoms with Crippen LogP contribution in [0.15, 0.2) is 42.5 Å². The first-order valence-electron chi connectivity index (χ1n) is 8.59. The highest BCUT2D eigenvalue weighted by Crippen LogP contribution is 2.27. The lowest BCUT2D eigenvalue weighted by Gasteiger charge is -2.31. The second kappa shape index (κ2) is 7.04. The van der Waals surface area contributed by atoms with Gasteiger partial charge in [0.25, 0.3) is 0 Å². The lowest BCUT2D eigenvalue weighted by atomic mass is 9.86. The molecule has 1 atom stereocenters. The topological polar surface area (TPSA) is 55.4 Å². The van der Waals surface area contributed by atoms with Gasteiger partial charge in [0.1, 0.15) is 5.54 Å². The maximum absolute atomic E-state index is 12.6. The zero-order chi connectivity index (χ0) is 17.0. The molecule has 0 spiro atoms. The summed E-state index contributed by atoms with van der Waals surface area (Å²) in [7, 11) is 0. The summed E-state index contributed by atoms with van der Waals surface area (Å²) in [4.78, 5) is 24.7. The maximum Gasteiger partial charge on any atom is 0.332 e. The summed E-state index contributed by atoms with van der Waals surface area (Å²) in [5.74, 6) is -0.394. The Morgan fingerprint density at radius 2 is 1.96 bits per heavy atom. The number of carbonyl (C=O) groups excluding carboxylic acids is 2. The molecule has 0 unspecified atom stereocenters. The number of nitrogens with one attached hydrogen (secondary N) is 1. The lowest BCUT2D eigenvalue weighted by Crippen LogP contribution is -2.56. The van der Waals surface area contributed by atoms with E-state index in [1.165, 1.54) is 0 Å². The molecule has 24 heavy (non-hydrogen) atoms. The zero-order valence-electron chi connectivity index (χ0n) is 14.0. The average molecular weight is 325 g/mol. The van der Waals surface area contributed by atoms with Crippen molar-refractivity contribution in [3.63, 3.8) is 0 Å². The van der Waals surface area contributed by atoms with E-state index in [1.54, 1.807) is 6.92 Å². The predicted molar refractivity (Wildman–Crippen MR) is 93.6 cm³/mol. The average Bonchev–Trinajstić information content (AvgIpc) is 2.77. The van der Waals surface area contributed by atoms with E-state index in [0.29, 0.717) is 25.9 Å². The molecule has 1 N–H and O–H groups in total. The van der Waals surface area contributed by atoms with Crippen LogP contribution in [0, 0.1) is 0 Å². The Morgan fingerprint density at radius 1 is 1.17 bits per heavy atom. The van der Waals surface area contributed by atoms with E-state index >= 15 is 0 Å². The Bertz CT molecular complexity index is 755.